The van der Waals surface area contributed by atoms with Gasteiger partial charge in [0.25, 0.3) is 0 Å². The van der Waals surface area contributed by atoms with E-state index in [9.17, 15) is 8.76 Å². The molecule has 0 saturated heterocycles. The second-order valence-electron chi connectivity index (χ2n) is 4.99. The molecule has 0 aliphatic heterocycles. The molecule has 2 aromatic carbocycles. The number of rotatable bonds is 5. The maximum atomic E-state index is 10.5. The van der Waals surface area contributed by atoms with Gasteiger partial charge in [0.15, 0.2) is 0 Å². The lowest BCUT2D eigenvalue weighted by Crippen LogP contribution is -2.15. The molecule has 0 aliphatic rings. The van der Waals surface area contributed by atoms with Crippen molar-refractivity contribution in [3.8, 4) is 16.9 Å². The fourth-order valence-corrected chi connectivity index (χ4v) is 2.74. The molecule has 1 aromatic heterocycles. The highest BCUT2D eigenvalue weighted by atomic mass is 32.2. The van der Waals surface area contributed by atoms with Crippen molar-refractivity contribution in [1.82, 2.24) is 9.71 Å². The summed E-state index contributed by atoms with van der Waals surface area (Å²) < 4.78 is 28.7. The fourth-order valence-electron chi connectivity index (χ4n) is 2.45. The summed E-state index contributed by atoms with van der Waals surface area (Å²) in [5, 5.41) is 1.04. The Balaban J connectivity index is 1.95. The van der Waals surface area contributed by atoms with Gasteiger partial charge in [0.1, 0.15) is 5.75 Å². The van der Waals surface area contributed by atoms with Gasteiger partial charge < -0.3 is 9.29 Å². The van der Waals surface area contributed by atoms with Crippen LogP contribution in [0.4, 0.5) is 0 Å². The zero-order valence-corrected chi connectivity index (χ0v) is 13.3. The number of methoxy groups -OCH3 is 1. The summed E-state index contributed by atoms with van der Waals surface area (Å²) in [5.41, 5.74) is 3.89. The SMILES string of the molecule is COc1ccc2c(-c3ccc(CNS(=O)[O-])cc3)ccnc2c1. The van der Waals surface area contributed by atoms with Crippen molar-refractivity contribution in [2.45, 2.75) is 6.54 Å². The molecule has 0 bridgehead atoms. The van der Waals surface area contributed by atoms with Gasteiger partial charge in [-0.15, -0.1) is 0 Å². The quantitative estimate of drug-likeness (QED) is 0.731. The van der Waals surface area contributed by atoms with Crippen LogP contribution in [0.25, 0.3) is 22.0 Å². The molecule has 6 heteroatoms. The first-order valence-corrected chi connectivity index (χ1v) is 8.10. The van der Waals surface area contributed by atoms with Gasteiger partial charge in [-0.2, -0.15) is 0 Å². The number of nitrogens with one attached hydrogen (secondary N) is 1. The molecule has 118 valence electrons. The van der Waals surface area contributed by atoms with Crippen molar-refractivity contribution in [3.63, 3.8) is 0 Å². The van der Waals surface area contributed by atoms with Crippen LogP contribution in [-0.2, 0) is 17.8 Å². The normalized spacial score (nSPS) is 12.3. The van der Waals surface area contributed by atoms with E-state index in [4.69, 9.17) is 4.74 Å². The van der Waals surface area contributed by atoms with Crippen molar-refractivity contribution < 1.29 is 13.5 Å². The Morgan fingerprint density at radius 1 is 1.17 bits per heavy atom. The Morgan fingerprint density at radius 3 is 2.65 bits per heavy atom. The van der Waals surface area contributed by atoms with Crippen molar-refractivity contribution in [2.24, 2.45) is 0 Å². The van der Waals surface area contributed by atoms with Gasteiger partial charge in [0.2, 0.25) is 0 Å². The van der Waals surface area contributed by atoms with Crippen molar-refractivity contribution in [3.05, 3.63) is 60.3 Å². The summed E-state index contributed by atoms with van der Waals surface area (Å²) in [6, 6.07) is 15.5. The van der Waals surface area contributed by atoms with Gasteiger partial charge >= 0.3 is 0 Å². The summed E-state index contributed by atoms with van der Waals surface area (Å²) in [4.78, 5) is 4.38. The number of pyridine rings is 1. The number of nitrogens with zero attached hydrogens (tertiary/aromatic N) is 1. The molecule has 0 saturated carbocycles. The molecule has 0 spiro atoms. The third-order valence-corrected chi connectivity index (χ3v) is 3.99. The van der Waals surface area contributed by atoms with E-state index >= 15 is 0 Å². The van der Waals surface area contributed by atoms with E-state index in [0.29, 0.717) is 0 Å². The first-order chi connectivity index (χ1) is 11.2. The van der Waals surface area contributed by atoms with Crippen LogP contribution in [0, 0.1) is 0 Å². The van der Waals surface area contributed by atoms with Crippen LogP contribution in [0.2, 0.25) is 0 Å². The Hall–Kier alpha value is -2.28. The molecule has 0 amide bonds. The lowest BCUT2D eigenvalue weighted by atomic mass is 10.00. The van der Waals surface area contributed by atoms with E-state index in [1.807, 2.05) is 48.5 Å². The highest BCUT2D eigenvalue weighted by Gasteiger charge is 2.06. The van der Waals surface area contributed by atoms with E-state index in [1.54, 1.807) is 13.3 Å². The summed E-state index contributed by atoms with van der Waals surface area (Å²) in [6.07, 6.45) is 1.77. The predicted octanol–water partition coefficient (Wildman–Crippen LogP) is 2.79. The highest BCUT2D eigenvalue weighted by molar-refractivity contribution is 7.77. The Kier molecular flexibility index (Phi) is 4.66. The average molecular weight is 327 g/mol. The van der Waals surface area contributed by atoms with E-state index in [1.165, 1.54) is 0 Å². The van der Waals surface area contributed by atoms with Gasteiger partial charge in [-0.25, -0.2) is 4.72 Å². The molecular formula is C17H15N2O3S-. The molecule has 5 nitrogen and oxygen atoms in total. The molecule has 0 aliphatic carbocycles. The van der Waals surface area contributed by atoms with Crippen molar-refractivity contribution >= 4 is 22.2 Å². The fraction of sp³-hybridized carbons (Fsp3) is 0.118. The van der Waals surface area contributed by atoms with Crippen LogP contribution in [0.5, 0.6) is 5.75 Å². The first-order valence-electron chi connectivity index (χ1n) is 7.02. The second-order valence-corrected chi connectivity index (χ2v) is 5.75. The summed E-state index contributed by atoms with van der Waals surface area (Å²) in [6.45, 7) is 0.282. The molecule has 1 N–H and O–H groups in total. The van der Waals surface area contributed by atoms with Crippen LogP contribution in [0.1, 0.15) is 5.56 Å². The molecule has 0 fully saturated rings. The molecule has 1 heterocycles. The zero-order valence-electron chi connectivity index (χ0n) is 12.5. The van der Waals surface area contributed by atoms with Crippen molar-refractivity contribution in [1.29, 1.82) is 0 Å². The minimum Gasteiger partial charge on any atom is -0.760 e. The maximum Gasteiger partial charge on any atom is 0.121 e. The third kappa shape index (κ3) is 3.56. The van der Waals surface area contributed by atoms with Crippen LogP contribution >= 0.6 is 0 Å². The topological polar surface area (TPSA) is 74.3 Å². The summed E-state index contributed by atoms with van der Waals surface area (Å²) >= 11 is -2.25. The third-order valence-electron chi connectivity index (χ3n) is 3.61. The zero-order chi connectivity index (χ0) is 16.2. The summed E-state index contributed by atoms with van der Waals surface area (Å²) in [7, 11) is 1.63. The van der Waals surface area contributed by atoms with Gasteiger partial charge in [0.05, 0.1) is 12.6 Å². The number of aromatic nitrogens is 1. The van der Waals surface area contributed by atoms with Crippen LogP contribution < -0.4 is 9.46 Å². The minimum absolute atomic E-state index is 0.282. The van der Waals surface area contributed by atoms with Gasteiger partial charge in [-0.3, -0.25) is 9.19 Å². The number of benzene rings is 2. The lowest BCUT2D eigenvalue weighted by Gasteiger charge is -2.10. The first kappa shape index (κ1) is 15.6. The van der Waals surface area contributed by atoms with E-state index < -0.39 is 11.3 Å². The molecular weight excluding hydrogens is 312 g/mol. The number of fused-ring (bicyclic) bond motifs is 1. The van der Waals surface area contributed by atoms with E-state index in [-0.39, 0.29) is 6.54 Å². The standard InChI is InChI=1S/C17H16N2O3S/c1-22-14-6-7-16-15(8-9-18-17(16)10-14)13-4-2-12(3-5-13)11-19-23(20)21/h2-10,19H,11H2,1H3,(H,20,21)/p-1. The largest absolute Gasteiger partial charge is 0.760 e. The molecule has 1 unspecified atom stereocenters. The minimum atomic E-state index is -2.25. The molecule has 0 radical (unpaired) electrons. The second kappa shape index (κ2) is 6.87. The monoisotopic (exact) mass is 327 g/mol. The van der Waals surface area contributed by atoms with Crippen LogP contribution in [0.3, 0.4) is 0 Å². The van der Waals surface area contributed by atoms with Crippen LogP contribution in [0.15, 0.2) is 54.7 Å². The Morgan fingerprint density at radius 2 is 1.96 bits per heavy atom. The number of hydrogen-bond acceptors (Lipinski definition) is 4. The predicted molar refractivity (Wildman–Crippen MR) is 89.5 cm³/mol. The molecule has 23 heavy (non-hydrogen) atoms. The number of hydrogen-bond donors (Lipinski definition) is 1. The van der Waals surface area contributed by atoms with Crippen LogP contribution in [-0.4, -0.2) is 20.9 Å². The van der Waals surface area contributed by atoms with Gasteiger partial charge in [-0.05, 0) is 34.9 Å². The Labute approximate surface area is 136 Å². The maximum absolute atomic E-state index is 10.5. The molecule has 3 rings (SSSR count). The number of ether oxygens (including phenoxy) is 1. The summed E-state index contributed by atoms with van der Waals surface area (Å²) in [5.74, 6) is 0.772. The van der Waals surface area contributed by atoms with E-state index in [2.05, 4.69) is 9.71 Å². The average Bonchev–Trinajstić information content (AvgIpc) is 2.59. The lowest BCUT2D eigenvalue weighted by molar-refractivity contribution is 0.415. The molecule has 1 atom stereocenters. The van der Waals surface area contributed by atoms with Gasteiger partial charge in [0, 0.05) is 35.5 Å². The highest BCUT2D eigenvalue weighted by Crippen LogP contribution is 2.29. The smallest absolute Gasteiger partial charge is 0.121 e. The van der Waals surface area contributed by atoms with Gasteiger partial charge in [-0.1, -0.05) is 24.3 Å². The van der Waals surface area contributed by atoms with Crippen molar-refractivity contribution in [2.75, 3.05) is 7.11 Å². The Bertz CT molecular complexity index is 850. The van der Waals surface area contributed by atoms with E-state index in [0.717, 1.165) is 33.3 Å². The molecule has 3 aromatic rings.